The zero-order valence-corrected chi connectivity index (χ0v) is 10.6. The van der Waals surface area contributed by atoms with Gasteiger partial charge in [0.15, 0.2) is 0 Å². The minimum Gasteiger partial charge on any atom is -0.243 e. The molecule has 3 heteroatoms. The van der Waals surface area contributed by atoms with Gasteiger partial charge in [-0.25, -0.2) is 3.11 Å². The molecule has 74 valence electrons. The molecule has 0 fully saturated rings. The summed E-state index contributed by atoms with van der Waals surface area (Å²) in [6.07, 6.45) is 3.42. The van der Waals surface area contributed by atoms with Crippen LogP contribution in [0.4, 0.5) is 0 Å². The molecule has 1 nitrogen and oxygen atoms in total. The van der Waals surface area contributed by atoms with Crippen molar-refractivity contribution in [3.05, 3.63) is 40.9 Å². The van der Waals surface area contributed by atoms with Crippen LogP contribution in [0.1, 0.15) is 12.0 Å². The summed E-state index contributed by atoms with van der Waals surface area (Å²) >= 11 is 8.20. The summed E-state index contributed by atoms with van der Waals surface area (Å²) in [7, 11) is 0. The summed E-state index contributed by atoms with van der Waals surface area (Å²) in [5, 5.41) is 0.806. The van der Waals surface area contributed by atoms with E-state index in [2.05, 4.69) is 44.2 Å². The van der Waals surface area contributed by atoms with Crippen molar-refractivity contribution in [3.8, 4) is 0 Å². The van der Waals surface area contributed by atoms with Gasteiger partial charge in [-0.1, -0.05) is 29.8 Å². The van der Waals surface area contributed by atoms with Crippen LogP contribution in [0.25, 0.3) is 5.57 Å². The van der Waals surface area contributed by atoms with Gasteiger partial charge in [0.05, 0.1) is 0 Å². The second kappa shape index (κ2) is 4.64. The molecule has 0 aromatic heterocycles. The van der Waals surface area contributed by atoms with E-state index in [4.69, 9.17) is 11.6 Å². The summed E-state index contributed by atoms with van der Waals surface area (Å²) in [6.45, 7) is 2.17. The molecule has 1 aliphatic heterocycles. The summed E-state index contributed by atoms with van der Waals surface area (Å²) in [4.78, 5) is 0. The van der Waals surface area contributed by atoms with Gasteiger partial charge in [0.2, 0.25) is 0 Å². The third-order valence-corrected chi connectivity index (χ3v) is 3.50. The van der Waals surface area contributed by atoms with Crippen molar-refractivity contribution >= 4 is 40.0 Å². The third kappa shape index (κ3) is 2.49. The SMILES string of the molecule is Clc1ccc(C2=CCN(I)CC2)cc1. The maximum atomic E-state index is 5.84. The van der Waals surface area contributed by atoms with Gasteiger partial charge in [0, 0.05) is 41.0 Å². The normalized spacial score (nSPS) is 18.0. The maximum Gasteiger partial charge on any atom is 0.0406 e. The molecule has 0 atom stereocenters. The Kier molecular flexibility index (Phi) is 3.47. The van der Waals surface area contributed by atoms with E-state index >= 15 is 0 Å². The van der Waals surface area contributed by atoms with Crippen LogP contribution in [-0.4, -0.2) is 16.2 Å². The molecule has 14 heavy (non-hydrogen) atoms. The van der Waals surface area contributed by atoms with Crippen LogP contribution in [0.15, 0.2) is 30.3 Å². The van der Waals surface area contributed by atoms with Gasteiger partial charge in [-0.05, 0) is 29.7 Å². The van der Waals surface area contributed by atoms with Crippen molar-refractivity contribution in [2.75, 3.05) is 13.1 Å². The van der Waals surface area contributed by atoms with Crippen molar-refractivity contribution in [1.29, 1.82) is 0 Å². The van der Waals surface area contributed by atoms with Gasteiger partial charge in [-0.2, -0.15) is 0 Å². The van der Waals surface area contributed by atoms with E-state index in [0.717, 1.165) is 24.5 Å². The summed E-state index contributed by atoms with van der Waals surface area (Å²) in [6, 6.07) is 8.09. The number of hydrogen-bond donors (Lipinski definition) is 0. The Morgan fingerprint density at radius 2 is 1.93 bits per heavy atom. The topological polar surface area (TPSA) is 3.24 Å². The molecular weight excluding hydrogens is 308 g/mol. The first-order chi connectivity index (χ1) is 6.75. The van der Waals surface area contributed by atoms with Gasteiger partial charge < -0.3 is 0 Å². The van der Waals surface area contributed by atoms with Crippen LogP contribution < -0.4 is 0 Å². The number of nitrogens with zero attached hydrogens (tertiary/aromatic N) is 1. The molecule has 0 N–H and O–H groups in total. The molecule has 0 unspecified atom stereocenters. The fourth-order valence-electron chi connectivity index (χ4n) is 1.57. The molecule has 0 saturated heterocycles. The van der Waals surface area contributed by atoms with Crippen molar-refractivity contribution in [3.63, 3.8) is 0 Å². The zero-order chi connectivity index (χ0) is 9.97. The van der Waals surface area contributed by atoms with Gasteiger partial charge in [0.1, 0.15) is 0 Å². The summed E-state index contributed by atoms with van der Waals surface area (Å²) < 4.78 is 2.29. The molecular formula is C11H11ClIN. The monoisotopic (exact) mass is 319 g/mol. The largest absolute Gasteiger partial charge is 0.243 e. The number of halogens is 2. The molecule has 1 aromatic rings. The Morgan fingerprint density at radius 3 is 2.50 bits per heavy atom. The van der Waals surface area contributed by atoms with Crippen LogP contribution in [0, 0.1) is 0 Å². The van der Waals surface area contributed by atoms with Crippen molar-refractivity contribution < 1.29 is 0 Å². The quantitative estimate of drug-likeness (QED) is 0.562. The van der Waals surface area contributed by atoms with E-state index in [0.29, 0.717) is 0 Å². The second-order valence-electron chi connectivity index (χ2n) is 3.36. The van der Waals surface area contributed by atoms with E-state index in [1.165, 1.54) is 11.1 Å². The third-order valence-electron chi connectivity index (χ3n) is 2.37. The van der Waals surface area contributed by atoms with Crippen molar-refractivity contribution in [2.45, 2.75) is 6.42 Å². The average molecular weight is 320 g/mol. The van der Waals surface area contributed by atoms with Crippen LogP contribution in [0.5, 0.6) is 0 Å². The van der Waals surface area contributed by atoms with Crippen LogP contribution in [0.2, 0.25) is 5.02 Å². The highest BCUT2D eigenvalue weighted by Gasteiger charge is 2.09. The number of rotatable bonds is 1. The molecule has 1 heterocycles. The van der Waals surface area contributed by atoms with Crippen LogP contribution in [0.3, 0.4) is 0 Å². The molecule has 0 saturated carbocycles. The Morgan fingerprint density at radius 1 is 1.21 bits per heavy atom. The average Bonchev–Trinajstić information content (AvgIpc) is 2.21. The molecule has 0 radical (unpaired) electrons. The molecule has 0 amide bonds. The Balaban J connectivity index is 2.19. The Bertz CT molecular complexity index is 345. The standard InChI is InChI=1S/C11H11ClIN/c12-11-3-1-9(2-4-11)10-5-7-14(13)8-6-10/h1-5H,6-8H2. The van der Waals surface area contributed by atoms with E-state index in [9.17, 15) is 0 Å². The highest BCUT2D eigenvalue weighted by atomic mass is 127. The van der Waals surface area contributed by atoms with Gasteiger partial charge in [-0.3, -0.25) is 0 Å². The fourth-order valence-corrected chi connectivity index (χ4v) is 2.13. The summed E-state index contributed by atoms with van der Waals surface area (Å²) in [5.41, 5.74) is 2.74. The highest BCUT2D eigenvalue weighted by Crippen LogP contribution is 2.24. The second-order valence-corrected chi connectivity index (χ2v) is 5.16. The van der Waals surface area contributed by atoms with E-state index in [1.54, 1.807) is 0 Å². The number of hydrogen-bond acceptors (Lipinski definition) is 1. The molecule has 0 bridgehead atoms. The fraction of sp³-hybridized carbons (Fsp3) is 0.273. The lowest BCUT2D eigenvalue weighted by Gasteiger charge is -2.20. The lowest BCUT2D eigenvalue weighted by atomic mass is 10.0. The minimum absolute atomic E-state index is 0.806. The van der Waals surface area contributed by atoms with E-state index < -0.39 is 0 Å². The van der Waals surface area contributed by atoms with E-state index in [-0.39, 0.29) is 0 Å². The summed E-state index contributed by atoms with van der Waals surface area (Å²) in [5.74, 6) is 0. The first-order valence-corrected chi connectivity index (χ1v) is 5.96. The molecule has 0 spiro atoms. The lowest BCUT2D eigenvalue weighted by molar-refractivity contribution is 0.557. The first-order valence-electron chi connectivity index (χ1n) is 4.61. The Hall–Kier alpha value is -0.0600. The van der Waals surface area contributed by atoms with Gasteiger partial charge in [0.25, 0.3) is 0 Å². The lowest BCUT2D eigenvalue weighted by Crippen LogP contribution is -2.17. The first kappa shape index (κ1) is 10.5. The van der Waals surface area contributed by atoms with Gasteiger partial charge >= 0.3 is 0 Å². The minimum atomic E-state index is 0.806. The molecule has 1 aromatic carbocycles. The smallest absolute Gasteiger partial charge is 0.0406 e. The molecule has 2 rings (SSSR count). The van der Waals surface area contributed by atoms with Crippen molar-refractivity contribution in [1.82, 2.24) is 3.11 Å². The van der Waals surface area contributed by atoms with Crippen LogP contribution in [-0.2, 0) is 0 Å². The van der Waals surface area contributed by atoms with Crippen LogP contribution >= 0.6 is 34.5 Å². The Labute approximate surface area is 103 Å². The zero-order valence-electron chi connectivity index (χ0n) is 7.71. The van der Waals surface area contributed by atoms with Crippen molar-refractivity contribution in [2.24, 2.45) is 0 Å². The molecule has 0 aliphatic carbocycles. The highest BCUT2D eigenvalue weighted by molar-refractivity contribution is 14.1. The predicted octanol–water partition coefficient (Wildman–Crippen LogP) is 3.78. The maximum absolute atomic E-state index is 5.84. The molecule has 1 aliphatic rings. The van der Waals surface area contributed by atoms with Gasteiger partial charge in [-0.15, -0.1) is 0 Å². The predicted molar refractivity (Wildman–Crippen MR) is 69.6 cm³/mol. The van der Waals surface area contributed by atoms with E-state index in [1.807, 2.05) is 12.1 Å². The number of benzene rings is 1.